The number of aromatic nitrogens is 6. The summed E-state index contributed by atoms with van der Waals surface area (Å²) in [7, 11) is 0. The zero-order valence-corrected chi connectivity index (χ0v) is 28.4. The van der Waals surface area contributed by atoms with Crippen LogP contribution in [0, 0.1) is 23.7 Å². The SMILES string of the molecule is O=C1C(=O)C2C=CC1C1=C2c2nc1cc1[nH]c(nc3[nH]c(cc4nc(n2)C2=C4C4C=CC2C(=O)C4=O)c2c3C3C=CC2C(=O)C3=O)c2c1C1C=CC2C(=O)C1=O. The lowest BCUT2D eigenvalue weighted by molar-refractivity contribution is -0.138. The standard InChI is InChI=1S/C42H20N6O8/c49-31-11-1-5-15(35(31)53)27-23(11)19-9-20-24-12-2-6-16(36(54)32(12)50)28(24)41(44-20)48-42-30-18-8-4-14(34(52)38(18)56)26(30)22(46-42)10-21-25-13-3-7-17(37(55)33(13)51)29(25)40(45-21)47-39(27)43-19/h1-18H,(H2,43,45,47). The van der Waals surface area contributed by atoms with Crippen LogP contribution < -0.4 is 0 Å². The average molecular weight is 737 g/mol. The van der Waals surface area contributed by atoms with Crippen LogP contribution in [0.25, 0.3) is 44.6 Å². The van der Waals surface area contributed by atoms with E-state index in [-0.39, 0.29) is 22.9 Å². The third-order valence-electron chi connectivity index (χ3n) is 12.9. The van der Waals surface area contributed by atoms with Crippen LogP contribution >= 0.6 is 0 Å². The summed E-state index contributed by atoms with van der Waals surface area (Å²) in [5, 5.41) is 0. The first-order valence-electron chi connectivity index (χ1n) is 18.2. The molecule has 12 aliphatic carbocycles. The Hall–Kier alpha value is -7.22. The maximum Gasteiger partial charge on any atom is 0.210 e. The van der Waals surface area contributed by atoms with E-state index in [1.54, 1.807) is 60.7 Å². The molecule has 14 heteroatoms. The Morgan fingerprint density at radius 3 is 1.02 bits per heavy atom. The van der Waals surface area contributed by atoms with Crippen LogP contribution in [-0.4, -0.2) is 76.2 Å². The Bertz CT molecular complexity index is 2940. The van der Waals surface area contributed by atoms with Crippen LogP contribution in [0.1, 0.15) is 69.0 Å². The van der Waals surface area contributed by atoms with Crippen molar-refractivity contribution in [1.29, 1.82) is 0 Å². The highest BCUT2D eigenvalue weighted by Crippen LogP contribution is 2.53. The Labute approximate surface area is 311 Å². The van der Waals surface area contributed by atoms with Crippen molar-refractivity contribution in [2.24, 2.45) is 23.7 Å². The molecular formula is C42H20N6O8. The van der Waals surface area contributed by atoms with Gasteiger partial charge in [0.15, 0.2) is 11.6 Å². The van der Waals surface area contributed by atoms with Gasteiger partial charge in [0.25, 0.3) is 0 Å². The zero-order valence-electron chi connectivity index (χ0n) is 28.4. The average Bonchev–Trinajstić information content (AvgIpc) is 3.96. The summed E-state index contributed by atoms with van der Waals surface area (Å²) in [5.74, 6) is -12.1. The van der Waals surface area contributed by atoms with Gasteiger partial charge in [-0.15, -0.1) is 0 Å². The Morgan fingerprint density at radius 2 is 0.643 bits per heavy atom. The minimum atomic E-state index is -0.970. The third-order valence-corrected chi connectivity index (χ3v) is 12.9. The van der Waals surface area contributed by atoms with Crippen molar-refractivity contribution in [3.63, 3.8) is 0 Å². The molecule has 266 valence electrons. The van der Waals surface area contributed by atoms with Gasteiger partial charge in [-0.3, -0.25) is 38.4 Å². The molecule has 5 heterocycles. The summed E-state index contributed by atoms with van der Waals surface area (Å²) in [5.41, 5.74) is 5.67. The first kappa shape index (κ1) is 30.1. The summed E-state index contributed by atoms with van der Waals surface area (Å²) in [6.07, 6.45) is 13.4. The molecule has 0 saturated heterocycles. The Balaban J connectivity index is 1.21. The minimum Gasteiger partial charge on any atom is -0.340 e. The number of Topliss-reactive ketones (excluding diaryl/α,β-unsaturated/α-hetero) is 8. The van der Waals surface area contributed by atoms with Gasteiger partial charge in [0.2, 0.25) is 46.3 Å². The highest BCUT2D eigenvalue weighted by molar-refractivity contribution is 6.49. The molecule has 2 N–H and O–H groups in total. The molecule has 14 nitrogen and oxygen atoms in total. The van der Waals surface area contributed by atoms with Crippen molar-refractivity contribution in [1.82, 2.24) is 29.9 Å². The number of allylic oxidation sites excluding steroid dienone is 12. The van der Waals surface area contributed by atoms with Crippen LogP contribution in [0.15, 0.2) is 60.7 Å². The zero-order chi connectivity index (χ0) is 37.8. The van der Waals surface area contributed by atoms with E-state index in [0.717, 1.165) is 0 Å². The van der Waals surface area contributed by atoms with E-state index < -0.39 is 93.6 Å². The van der Waals surface area contributed by atoms with Crippen molar-refractivity contribution >= 4 is 90.9 Å². The number of aromatic amines is 2. The largest absolute Gasteiger partial charge is 0.340 e. The van der Waals surface area contributed by atoms with Gasteiger partial charge in [0, 0.05) is 44.5 Å². The number of nitrogens with zero attached hydrogens (tertiary/aromatic N) is 4. The van der Waals surface area contributed by atoms with E-state index in [2.05, 4.69) is 9.97 Å². The van der Waals surface area contributed by atoms with E-state index in [4.69, 9.17) is 19.9 Å². The van der Waals surface area contributed by atoms with Gasteiger partial charge in [0.05, 0.1) is 58.7 Å². The van der Waals surface area contributed by atoms with Crippen molar-refractivity contribution in [2.75, 3.05) is 0 Å². The van der Waals surface area contributed by atoms with Crippen LogP contribution in [0.3, 0.4) is 0 Å². The lowest BCUT2D eigenvalue weighted by Gasteiger charge is -2.30. The molecule has 0 fully saturated rings. The molecule has 3 aromatic rings. The molecule has 56 heavy (non-hydrogen) atoms. The van der Waals surface area contributed by atoms with Gasteiger partial charge in [0.1, 0.15) is 11.3 Å². The summed E-state index contributed by atoms with van der Waals surface area (Å²) in [6.45, 7) is 0. The first-order valence-corrected chi connectivity index (χ1v) is 18.2. The normalized spacial score (nSPS) is 30.7. The highest BCUT2D eigenvalue weighted by Gasteiger charge is 2.52. The molecule has 0 aromatic carbocycles. The number of rotatable bonds is 0. The molecule has 8 unspecified atom stereocenters. The lowest BCUT2D eigenvalue weighted by atomic mass is 9.69. The van der Waals surface area contributed by atoms with E-state index in [1.165, 1.54) is 0 Å². The topological polar surface area (TPSA) is 220 Å². The molecule has 16 bridgehead atoms. The molecule has 14 aliphatic rings. The summed E-state index contributed by atoms with van der Waals surface area (Å²) >= 11 is 0. The highest BCUT2D eigenvalue weighted by atomic mass is 16.2. The number of H-pyrrole nitrogens is 2. The Morgan fingerprint density at radius 1 is 0.339 bits per heavy atom. The van der Waals surface area contributed by atoms with Crippen molar-refractivity contribution in [3.05, 3.63) is 106 Å². The van der Waals surface area contributed by atoms with Crippen LogP contribution in [-0.2, 0) is 38.4 Å². The molecule has 2 aliphatic heterocycles. The van der Waals surface area contributed by atoms with Gasteiger partial charge in [-0.2, -0.15) is 0 Å². The van der Waals surface area contributed by atoms with Gasteiger partial charge in [-0.1, -0.05) is 48.6 Å². The second-order valence-corrected chi connectivity index (χ2v) is 15.5. The number of hydrogen-bond donors (Lipinski definition) is 2. The Kier molecular flexibility index (Phi) is 5.13. The van der Waals surface area contributed by atoms with Crippen molar-refractivity contribution in [3.8, 4) is 0 Å². The van der Waals surface area contributed by atoms with E-state index in [1.807, 2.05) is 0 Å². The van der Waals surface area contributed by atoms with Crippen molar-refractivity contribution < 1.29 is 38.4 Å². The maximum absolute atomic E-state index is 13.4. The van der Waals surface area contributed by atoms with E-state index in [9.17, 15) is 38.4 Å². The monoisotopic (exact) mass is 736 g/mol. The molecule has 0 saturated carbocycles. The van der Waals surface area contributed by atoms with Gasteiger partial charge in [-0.25, -0.2) is 19.9 Å². The minimum absolute atomic E-state index is 0.110. The van der Waals surface area contributed by atoms with Gasteiger partial charge < -0.3 is 9.97 Å². The quantitative estimate of drug-likeness (QED) is 0.251. The van der Waals surface area contributed by atoms with Gasteiger partial charge in [-0.05, 0) is 23.3 Å². The van der Waals surface area contributed by atoms with Crippen LogP contribution in [0.2, 0.25) is 0 Å². The lowest BCUT2D eigenvalue weighted by Crippen LogP contribution is -2.38. The smallest absolute Gasteiger partial charge is 0.210 e. The molecular weight excluding hydrogens is 716 g/mol. The molecule has 0 amide bonds. The second kappa shape index (κ2) is 9.52. The van der Waals surface area contributed by atoms with Crippen LogP contribution in [0.5, 0.6) is 0 Å². The molecule has 8 atom stereocenters. The predicted octanol–water partition coefficient (Wildman–Crippen LogP) is 2.61. The third kappa shape index (κ3) is 3.28. The fourth-order valence-corrected chi connectivity index (χ4v) is 10.5. The van der Waals surface area contributed by atoms with Crippen LogP contribution in [0.4, 0.5) is 0 Å². The van der Waals surface area contributed by atoms with E-state index in [0.29, 0.717) is 67.0 Å². The number of nitrogens with one attached hydrogen (secondary N) is 2. The fraction of sp³-hybridized carbons (Fsp3) is 0.190. The number of carbonyl (C=O) groups excluding carboxylic acids is 8. The molecule has 0 spiro atoms. The first-order chi connectivity index (χ1) is 27.1. The molecule has 0 radical (unpaired) electrons. The second-order valence-electron chi connectivity index (χ2n) is 15.5. The number of carbonyl (C=O) groups is 8. The number of ketones is 8. The molecule has 3 aromatic heterocycles. The van der Waals surface area contributed by atoms with E-state index >= 15 is 0 Å². The fourth-order valence-electron chi connectivity index (χ4n) is 10.5. The summed E-state index contributed by atoms with van der Waals surface area (Å²) in [6, 6.07) is 3.34. The predicted molar refractivity (Wildman–Crippen MR) is 192 cm³/mol. The van der Waals surface area contributed by atoms with Gasteiger partial charge >= 0.3 is 0 Å². The number of fused-ring (bicyclic) bond motifs is 12. The number of hydrogen-bond acceptors (Lipinski definition) is 12. The molecule has 17 rings (SSSR count). The summed E-state index contributed by atoms with van der Waals surface area (Å²) < 4.78 is 0. The maximum atomic E-state index is 13.4. The summed E-state index contributed by atoms with van der Waals surface area (Å²) in [4.78, 5) is 133. The van der Waals surface area contributed by atoms with Crippen molar-refractivity contribution in [2.45, 2.75) is 23.7 Å².